The van der Waals surface area contributed by atoms with E-state index in [0.29, 0.717) is 18.0 Å². The molecule has 2 unspecified atom stereocenters. The Balaban J connectivity index is 1.83. The summed E-state index contributed by atoms with van der Waals surface area (Å²) in [6.07, 6.45) is 2.30. The summed E-state index contributed by atoms with van der Waals surface area (Å²) in [5.41, 5.74) is 0.363. The molecule has 0 heterocycles. The van der Waals surface area contributed by atoms with Crippen LogP contribution in [0.25, 0.3) is 0 Å². The van der Waals surface area contributed by atoms with E-state index >= 15 is 0 Å². The zero-order valence-electron chi connectivity index (χ0n) is 18.7. The number of carbonyl (C=O) groups is 1. The highest BCUT2D eigenvalue weighted by Gasteiger charge is 2.74. The number of carbonyl (C=O) groups excluding carboxylic acids is 1. The van der Waals surface area contributed by atoms with Crippen LogP contribution in [0.1, 0.15) is 59.4 Å². The SMILES string of the molecule is COc1cc([C@@]2(CCNC(=O)OC(C)(C)C)CCC3C2C3(Cl)Cl)ccc1OC(C)C. The van der Waals surface area contributed by atoms with Gasteiger partial charge < -0.3 is 19.5 Å². The van der Waals surface area contributed by atoms with Gasteiger partial charge in [0, 0.05) is 17.9 Å². The highest BCUT2D eigenvalue weighted by molar-refractivity contribution is 6.51. The first kappa shape index (κ1) is 23.3. The van der Waals surface area contributed by atoms with Crippen molar-refractivity contribution >= 4 is 29.3 Å². The zero-order chi connectivity index (χ0) is 22.3. The van der Waals surface area contributed by atoms with Crippen LogP contribution in [-0.4, -0.2) is 35.8 Å². The van der Waals surface area contributed by atoms with Crippen LogP contribution < -0.4 is 14.8 Å². The third-order valence-corrected chi connectivity index (χ3v) is 7.07. The standard InChI is InChI=1S/C23H33Cl2NO4/c1-14(2)29-17-8-7-15(13-18(17)28-6)22(10-9-16-19(22)23(16,24)25)11-12-26-20(27)30-21(3,4)5/h7-8,13-14,16,19H,9-12H2,1-6H3,(H,26,27)/t16?,19?,22-/m0/s1. The second-order valence-electron chi connectivity index (χ2n) is 9.66. The van der Waals surface area contributed by atoms with E-state index in [-0.39, 0.29) is 23.4 Å². The van der Waals surface area contributed by atoms with Gasteiger partial charge in [0.05, 0.1) is 13.2 Å². The Bertz CT molecular complexity index is 790. The molecule has 0 saturated heterocycles. The molecular weight excluding hydrogens is 425 g/mol. The Hall–Kier alpha value is -1.33. The molecule has 2 aliphatic carbocycles. The molecule has 1 aromatic carbocycles. The number of fused-ring (bicyclic) bond motifs is 1. The van der Waals surface area contributed by atoms with Crippen LogP contribution in [0, 0.1) is 11.8 Å². The Morgan fingerprint density at radius 1 is 1.27 bits per heavy atom. The van der Waals surface area contributed by atoms with Crippen molar-refractivity contribution in [3.05, 3.63) is 23.8 Å². The van der Waals surface area contributed by atoms with Crippen molar-refractivity contribution in [2.75, 3.05) is 13.7 Å². The molecule has 1 N–H and O–H groups in total. The van der Waals surface area contributed by atoms with Crippen molar-refractivity contribution in [1.29, 1.82) is 0 Å². The first-order valence-electron chi connectivity index (χ1n) is 10.6. The molecule has 0 radical (unpaired) electrons. The zero-order valence-corrected chi connectivity index (χ0v) is 20.2. The third-order valence-electron chi connectivity index (χ3n) is 6.04. The third kappa shape index (κ3) is 4.62. The van der Waals surface area contributed by atoms with Gasteiger partial charge in [0.25, 0.3) is 0 Å². The number of hydrogen-bond acceptors (Lipinski definition) is 4. The van der Waals surface area contributed by atoms with Gasteiger partial charge in [0.2, 0.25) is 0 Å². The lowest BCUT2D eigenvalue weighted by molar-refractivity contribution is 0.0523. The summed E-state index contributed by atoms with van der Waals surface area (Å²) in [4.78, 5) is 12.1. The lowest BCUT2D eigenvalue weighted by Crippen LogP contribution is -2.38. The number of methoxy groups -OCH3 is 1. The van der Waals surface area contributed by atoms with Crippen molar-refractivity contribution in [1.82, 2.24) is 5.32 Å². The Morgan fingerprint density at radius 3 is 2.50 bits per heavy atom. The Kier molecular flexibility index (Phi) is 6.46. The fraction of sp³-hybridized carbons (Fsp3) is 0.696. The summed E-state index contributed by atoms with van der Waals surface area (Å²) >= 11 is 13.3. The van der Waals surface area contributed by atoms with Crippen LogP contribution in [0.3, 0.4) is 0 Å². The number of nitrogens with one attached hydrogen (secondary N) is 1. The van der Waals surface area contributed by atoms with Crippen molar-refractivity contribution in [3.63, 3.8) is 0 Å². The second kappa shape index (κ2) is 8.31. The largest absolute Gasteiger partial charge is 0.493 e. The fourth-order valence-electron chi connectivity index (χ4n) is 4.85. The van der Waals surface area contributed by atoms with Gasteiger partial charge >= 0.3 is 6.09 Å². The predicted octanol–water partition coefficient (Wildman–Crippen LogP) is 5.85. The molecule has 1 aromatic rings. The molecule has 2 aliphatic rings. The van der Waals surface area contributed by atoms with Crippen molar-refractivity contribution in [3.8, 4) is 11.5 Å². The summed E-state index contributed by atoms with van der Waals surface area (Å²) < 4.78 is 16.1. The molecule has 1 amide bonds. The van der Waals surface area contributed by atoms with E-state index < -0.39 is 16.0 Å². The summed E-state index contributed by atoms with van der Waals surface area (Å²) in [6, 6.07) is 6.07. The Morgan fingerprint density at radius 2 is 1.97 bits per heavy atom. The van der Waals surface area contributed by atoms with Gasteiger partial charge in [0.1, 0.15) is 9.93 Å². The summed E-state index contributed by atoms with van der Waals surface area (Å²) in [7, 11) is 1.64. The second-order valence-corrected chi connectivity index (χ2v) is 11.1. The number of benzene rings is 1. The molecule has 7 heteroatoms. The monoisotopic (exact) mass is 457 g/mol. The van der Waals surface area contributed by atoms with Crippen LogP contribution >= 0.6 is 23.2 Å². The molecule has 0 spiro atoms. The van der Waals surface area contributed by atoms with E-state index in [1.54, 1.807) is 7.11 Å². The number of alkyl carbamates (subject to hydrolysis) is 1. The maximum atomic E-state index is 12.1. The molecule has 0 aromatic heterocycles. The van der Waals surface area contributed by atoms with E-state index in [1.807, 2.05) is 46.8 Å². The van der Waals surface area contributed by atoms with Crippen molar-refractivity contribution < 1.29 is 19.0 Å². The molecule has 30 heavy (non-hydrogen) atoms. The topological polar surface area (TPSA) is 56.8 Å². The van der Waals surface area contributed by atoms with E-state index in [2.05, 4.69) is 11.4 Å². The maximum Gasteiger partial charge on any atom is 0.407 e. The minimum absolute atomic E-state index is 0.0503. The van der Waals surface area contributed by atoms with Gasteiger partial charge in [-0.15, -0.1) is 23.2 Å². The molecular formula is C23H33Cl2NO4. The van der Waals surface area contributed by atoms with Crippen LogP contribution in [0.15, 0.2) is 18.2 Å². The summed E-state index contributed by atoms with van der Waals surface area (Å²) in [5.74, 6) is 1.83. The quantitative estimate of drug-likeness (QED) is 0.521. The normalized spacial score (nSPS) is 26.8. The van der Waals surface area contributed by atoms with E-state index in [1.165, 1.54) is 0 Å². The van der Waals surface area contributed by atoms with Crippen LogP contribution in [0.2, 0.25) is 0 Å². The number of ether oxygens (including phenoxy) is 3. The molecule has 5 nitrogen and oxygen atoms in total. The number of amides is 1. The van der Waals surface area contributed by atoms with E-state index in [9.17, 15) is 4.79 Å². The van der Waals surface area contributed by atoms with Crippen LogP contribution in [0.5, 0.6) is 11.5 Å². The smallest absolute Gasteiger partial charge is 0.407 e. The van der Waals surface area contributed by atoms with Gasteiger partial charge in [-0.2, -0.15) is 0 Å². The lowest BCUT2D eigenvalue weighted by atomic mass is 9.73. The molecule has 0 aliphatic heterocycles. The highest BCUT2D eigenvalue weighted by Crippen LogP contribution is 2.74. The number of halogens is 2. The van der Waals surface area contributed by atoms with E-state index in [0.717, 1.165) is 24.8 Å². The van der Waals surface area contributed by atoms with Crippen LogP contribution in [-0.2, 0) is 10.2 Å². The number of hydrogen-bond donors (Lipinski definition) is 1. The van der Waals surface area contributed by atoms with Gasteiger partial charge in [-0.25, -0.2) is 4.79 Å². The minimum atomic E-state index is -0.718. The Labute approximate surface area is 189 Å². The number of alkyl halides is 2. The molecule has 3 rings (SSSR count). The summed E-state index contributed by atoms with van der Waals surface area (Å²) in [5, 5.41) is 2.89. The number of rotatable bonds is 7. The fourth-order valence-corrected chi connectivity index (χ4v) is 5.92. The summed E-state index contributed by atoms with van der Waals surface area (Å²) in [6.45, 7) is 10.00. The lowest BCUT2D eigenvalue weighted by Gasteiger charge is -2.34. The van der Waals surface area contributed by atoms with Gasteiger partial charge in [-0.05, 0) is 77.5 Å². The maximum absolute atomic E-state index is 12.1. The van der Waals surface area contributed by atoms with Crippen LogP contribution in [0.4, 0.5) is 4.79 Å². The first-order chi connectivity index (χ1) is 13.9. The highest BCUT2D eigenvalue weighted by atomic mass is 35.5. The van der Waals surface area contributed by atoms with E-state index in [4.69, 9.17) is 37.4 Å². The van der Waals surface area contributed by atoms with Gasteiger partial charge in [-0.3, -0.25) is 0 Å². The van der Waals surface area contributed by atoms with Gasteiger partial charge in [0.15, 0.2) is 11.5 Å². The molecule has 2 fully saturated rings. The van der Waals surface area contributed by atoms with Gasteiger partial charge in [-0.1, -0.05) is 6.07 Å². The average Bonchev–Trinajstić information content (AvgIpc) is 2.97. The molecule has 2 saturated carbocycles. The average molecular weight is 458 g/mol. The van der Waals surface area contributed by atoms with Crippen molar-refractivity contribution in [2.45, 2.75) is 75.3 Å². The molecule has 3 atom stereocenters. The first-order valence-corrected chi connectivity index (χ1v) is 11.4. The predicted molar refractivity (Wildman–Crippen MR) is 120 cm³/mol. The minimum Gasteiger partial charge on any atom is -0.493 e. The molecule has 0 bridgehead atoms. The van der Waals surface area contributed by atoms with Crippen molar-refractivity contribution in [2.24, 2.45) is 11.8 Å². The molecule has 168 valence electrons.